The van der Waals surface area contributed by atoms with Crippen LogP contribution in [-0.2, 0) is 4.79 Å². The molecule has 0 aromatic carbocycles. The summed E-state index contributed by atoms with van der Waals surface area (Å²) in [7, 11) is 0. The molecule has 0 aliphatic heterocycles. The maximum absolute atomic E-state index is 10.9. The largest absolute Gasteiger partial charge is 0.480 e. The Morgan fingerprint density at radius 2 is 2.50 bits per heavy atom. The molecule has 2 atom stereocenters. The summed E-state index contributed by atoms with van der Waals surface area (Å²) in [6.45, 7) is -0.586. The third kappa shape index (κ3) is 5.48. The van der Waals surface area contributed by atoms with E-state index in [1.54, 1.807) is 0 Å². The second kappa shape index (κ2) is 5.36. The Kier molecular flexibility index (Phi) is 1.83. The van der Waals surface area contributed by atoms with E-state index in [-0.39, 0.29) is 0 Å². The third-order valence-electron chi connectivity index (χ3n) is 0.807. The van der Waals surface area contributed by atoms with Crippen LogP contribution in [0.1, 0.15) is 18.3 Å². The molecule has 6 heteroatoms. The number of nitrogens with two attached hydrogens (primary N) is 3. The topological polar surface area (TPSA) is 128 Å². The molecule has 0 amide bonds. The molecule has 1 unspecified atom stereocenters. The highest BCUT2D eigenvalue weighted by Gasteiger charge is 2.09. The quantitative estimate of drug-likeness (QED) is 0.290. The number of aliphatic carboxylic acids is 1. The van der Waals surface area contributed by atoms with Crippen molar-refractivity contribution < 1.29 is 18.2 Å². The minimum Gasteiger partial charge on any atom is -0.480 e. The van der Waals surface area contributed by atoms with Crippen LogP contribution in [0.25, 0.3) is 0 Å². The van der Waals surface area contributed by atoms with Crippen LogP contribution in [0.2, 0.25) is 2.82 Å². The molecule has 0 saturated heterocycles. The fourth-order valence-corrected chi connectivity index (χ4v) is 0.355. The predicted molar refractivity (Wildman–Crippen MR) is 45.5 cm³/mol. The number of hydrogen-bond acceptors (Lipinski definition) is 3. The minimum atomic E-state index is -3.27. The number of guanidine groups is 1. The van der Waals surface area contributed by atoms with E-state index in [1.807, 2.05) is 0 Å². The molecule has 0 aliphatic rings. The van der Waals surface area contributed by atoms with Crippen molar-refractivity contribution in [2.75, 3.05) is 6.54 Å². The fourth-order valence-electron chi connectivity index (χ4n) is 0.355. The lowest BCUT2D eigenvalue weighted by atomic mass is 10.2. The molecule has 0 spiro atoms. The van der Waals surface area contributed by atoms with E-state index < -0.39 is 43.0 Å². The predicted octanol–water partition coefficient (Wildman–Crippen LogP) is -1.55. The van der Waals surface area contributed by atoms with Crippen molar-refractivity contribution in [1.29, 1.82) is 0 Å². The highest BCUT2D eigenvalue weighted by molar-refractivity contribution is 5.75. The zero-order chi connectivity index (χ0) is 14.7. The zero-order valence-corrected chi connectivity index (χ0v) is 6.19. The summed E-state index contributed by atoms with van der Waals surface area (Å²) in [4.78, 5) is 14.2. The lowest BCUT2D eigenvalue weighted by molar-refractivity contribution is -0.138. The van der Waals surface area contributed by atoms with Crippen LogP contribution in [0.5, 0.6) is 0 Å². The Balaban J connectivity index is 5.31. The van der Waals surface area contributed by atoms with Crippen LogP contribution in [0.15, 0.2) is 4.99 Å². The number of hydrogen-bond donors (Lipinski definition) is 4. The molecule has 0 heterocycles. The summed E-state index contributed by atoms with van der Waals surface area (Å²) in [5.74, 6) is -2.47. The highest BCUT2D eigenvalue weighted by atomic mass is 16.4. The zero-order valence-electron chi connectivity index (χ0n) is 12.2. The number of carboxylic acid groups (broad SMARTS) is 1. The van der Waals surface area contributed by atoms with Crippen LogP contribution in [-0.4, -0.2) is 29.6 Å². The summed E-state index contributed by atoms with van der Waals surface area (Å²) in [5, 5.41) is 8.79. The van der Waals surface area contributed by atoms with Gasteiger partial charge in [0, 0.05) is 10.7 Å². The van der Waals surface area contributed by atoms with Crippen molar-refractivity contribution in [3.8, 4) is 0 Å². The SMILES string of the molecule is [2H]C(CN=C(N)N)C([2H])([2H])[C@@]([2H])(C(=O)O)N([2H])[2H]. The standard InChI is InChI=1S/C6H14N4O2/c7-4(5(11)12)2-1-3-10-6(8)9/h4H,1-3,7H2,(H,11,12)(H4,8,9,10)/t4-/m0/s1/i1D,2D2,4D/hD2/t1?,4-. The fraction of sp³-hybridized carbons (Fsp3) is 0.667. The van der Waals surface area contributed by atoms with Crippen LogP contribution in [0.3, 0.4) is 0 Å². The van der Waals surface area contributed by atoms with Gasteiger partial charge in [0.25, 0.3) is 0 Å². The molecule has 0 aliphatic carbocycles. The first-order chi connectivity index (χ1) is 7.97. The van der Waals surface area contributed by atoms with E-state index in [0.717, 1.165) is 0 Å². The molecule has 0 aromatic heterocycles. The average molecular weight is 180 g/mol. The van der Waals surface area contributed by atoms with Gasteiger partial charge in [0.05, 0.1) is 1.37 Å². The molecule has 0 aromatic rings. The molecule has 0 rings (SSSR count). The molecule has 6 nitrogen and oxygen atoms in total. The van der Waals surface area contributed by atoms with Crippen molar-refractivity contribution in [2.45, 2.75) is 18.8 Å². The summed E-state index contributed by atoms with van der Waals surface area (Å²) in [6.07, 6.45) is -4.87. The Labute approximate surface area is 79.0 Å². The van der Waals surface area contributed by atoms with Gasteiger partial charge in [-0.15, -0.1) is 0 Å². The molecule has 70 valence electrons. The third-order valence-corrected chi connectivity index (χ3v) is 0.807. The molecular formula is C6H14N4O2. The van der Waals surface area contributed by atoms with E-state index in [0.29, 0.717) is 0 Å². The number of nitrogens with zero attached hydrogens (tertiary/aromatic N) is 1. The first-order valence-corrected chi connectivity index (χ1v) is 2.97. The summed E-state index contributed by atoms with van der Waals surface area (Å²) >= 11 is 0. The van der Waals surface area contributed by atoms with E-state index in [9.17, 15) is 4.79 Å². The maximum atomic E-state index is 10.9. The molecule has 7 N–H and O–H groups in total. The van der Waals surface area contributed by atoms with Gasteiger partial charge in [0.15, 0.2) is 5.96 Å². The van der Waals surface area contributed by atoms with Gasteiger partial charge in [-0.2, -0.15) is 0 Å². The first kappa shape index (κ1) is 4.08. The molecule has 0 bridgehead atoms. The summed E-state index contributed by atoms with van der Waals surface area (Å²) in [5.41, 5.74) is 9.37. The molecule has 0 saturated carbocycles. The van der Waals surface area contributed by atoms with Gasteiger partial charge in [0.2, 0.25) is 0 Å². The van der Waals surface area contributed by atoms with Crippen molar-refractivity contribution in [1.82, 2.24) is 0 Å². The number of carboxylic acids is 1. The van der Waals surface area contributed by atoms with Gasteiger partial charge in [-0.05, 0) is 12.8 Å². The number of rotatable bonds is 6. The monoisotopic (exact) mass is 180 g/mol. The van der Waals surface area contributed by atoms with E-state index in [2.05, 4.69) is 4.99 Å². The van der Waals surface area contributed by atoms with Gasteiger partial charge in [0.1, 0.15) is 8.84 Å². The molecule has 12 heavy (non-hydrogen) atoms. The van der Waals surface area contributed by atoms with Crippen molar-refractivity contribution in [3.63, 3.8) is 0 Å². The van der Waals surface area contributed by atoms with Gasteiger partial charge in [-0.3, -0.25) is 9.79 Å². The van der Waals surface area contributed by atoms with E-state index in [4.69, 9.17) is 24.9 Å². The van der Waals surface area contributed by atoms with Gasteiger partial charge < -0.3 is 22.3 Å². The van der Waals surface area contributed by atoms with Gasteiger partial charge in [-0.25, -0.2) is 0 Å². The lowest BCUT2D eigenvalue weighted by Gasteiger charge is -2.03. The van der Waals surface area contributed by atoms with Crippen LogP contribution >= 0.6 is 0 Å². The van der Waals surface area contributed by atoms with Crippen molar-refractivity contribution in [2.24, 2.45) is 22.2 Å². The average Bonchev–Trinajstić information content (AvgIpc) is 2.23. The van der Waals surface area contributed by atoms with Crippen LogP contribution in [0.4, 0.5) is 0 Å². The molecular weight excluding hydrogens is 160 g/mol. The smallest absolute Gasteiger partial charge is 0.320 e. The second-order valence-corrected chi connectivity index (χ2v) is 1.77. The van der Waals surface area contributed by atoms with E-state index in [1.165, 1.54) is 0 Å². The molecule has 0 fully saturated rings. The normalized spacial score (nSPS) is 26.1. The number of aliphatic imine (C=N–C) groups is 1. The second-order valence-electron chi connectivity index (χ2n) is 1.77. The minimum absolute atomic E-state index is 0.414. The Morgan fingerprint density at radius 1 is 1.83 bits per heavy atom. The maximum Gasteiger partial charge on any atom is 0.320 e. The first-order valence-electron chi connectivity index (χ1n) is 5.94. The van der Waals surface area contributed by atoms with Gasteiger partial charge in [-0.1, -0.05) is 0 Å². The Bertz CT molecular complexity index is 347. The Morgan fingerprint density at radius 3 is 2.92 bits per heavy atom. The van der Waals surface area contributed by atoms with Gasteiger partial charge >= 0.3 is 5.97 Å². The summed E-state index contributed by atoms with van der Waals surface area (Å²) < 4.78 is 43.5. The van der Waals surface area contributed by atoms with Crippen molar-refractivity contribution in [3.05, 3.63) is 0 Å². The Hall–Kier alpha value is -1.30. The highest BCUT2D eigenvalue weighted by Crippen LogP contribution is 1.94. The van der Waals surface area contributed by atoms with Crippen LogP contribution in [0, 0.1) is 0 Å². The molecule has 0 radical (unpaired) electrons. The number of carbonyl (C=O) groups is 1. The van der Waals surface area contributed by atoms with Crippen LogP contribution < -0.4 is 17.2 Å². The van der Waals surface area contributed by atoms with Crippen molar-refractivity contribution >= 4 is 11.9 Å². The summed E-state index contributed by atoms with van der Waals surface area (Å²) in [6, 6.07) is -3.27. The lowest BCUT2D eigenvalue weighted by Crippen LogP contribution is -2.30. The van der Waals surface area contributed by atoms with E-state index >= 15 is 0 Å².